The van der Waals surface area contributed by atoms with Crippen molar-refractivity contribution < 1.29 is 9.84 Å². The normalized spacial score (nSPS) is 10.3. The Bertz CT molecular complexity index is 500. The predicted molar refractivity (Wildman–Crippen MR) is 67.2 cm³/mol. The van der Waals surface area contributed by atoms with Gasteiger partial charge in [0.2, 0.25) is 0 Å². The number of ether oxygens (including phenoxy) is 1. The Morgan fingerprint density at radius 3 is 2.67 bits per heavy atom. The number of aliphatic hydroxyl groups excluding tert-OH is 1. The molecule has 0 fully saturated rings. The summed E-state index contributed by atoms with van der Waals surface area (Å²) in [4.78, 5) is 8.22. The number of nitrogens with one attached hydrogen (secondary N) is 1. The van der Waals surface area contributed by atoms with Gasteiger partial charge in [-0.1, -0.05) is 12.1 Å². The van der Waals surface area contributed by atoms with E-state index in [-0.39, 0.29) is 6.61 Å². The van der Waals surface area contributed by atoms with Gasteiger partial charge in [0.15, 0.2) is 0 Å². The maximum atomic E-state index is 9.03. The molecule has 1 aromatic heterocycles. The fraction of sp³-hybridized carbons (Fsp3) is 0.231. The summed E-state index contributed by atoms with van der Waals surface area (Å²) in [7, 11) is 1.87. The van der Waals surface area contributed by atoms with Crippen LogP contribution in [0.5, 0.6) is 11.8 Å². The third kappa shape index (κ3) is 3.26. The molecule has 0 atom stereocenters. The Balaban J connectivity index is 2.08. The third-order valence-electron chi connectivity index (χ3n) is 2.35. The van der Waals surface area contributed by atoms with E-state index in [2.05, 4.69) is 15.3 Å². The molecule has 0 radical (unpaired) electrons. The van der Waals surface area contributed by atoms with E-state index in [1.54, 1.807) is 24.5 Å². The third-order valence-corrected chi connectivity index (χ3v) is 2.35. The summed E-state index contributed by atoms with van der Waals surface area (Å²) in [5.41, 5.74) is 1.79. The number of benzene rings is 1. The summed E-state index contributed by atoms with van der Waals surface area (Å²) < 4.78 is 5.50. The van der Waals surface area contributed by atoms with Gasteiger partial charge in [-0.15, -0.1) is 0 Å². The first-order chi connectivity index (χ1) is 8.81. The van der Waals surface area contributed by atoms with Gasteiger partial charge in [-0.2, -0.15) is 0 Å². The van der Waals surface area contributed by atoms with Crippen LogP contribution in [0.3, 0.4) is 0 Å². The Morgan fingerprint density at radius 2 is 2.00 bits per heavy atom. The summed E-state index contributed by atoms with van der Waals surface area (Å²) in [5.74, 6) is 0.614. The molecule has 1 aromatic carbocycles. The molecule has 1 heterocycles. The van der Waals surface area contributed by atoms with Gasteiger partial charge in [0.05, 0.1) is 6.61 Å². The summed E-state index contributed by atoms with van der Waals surface area (Å²) in [6, 6.07) is 7.49. The lowest BCUT2D eigenvalue weighted by atomic mass is 10.2. The highest BCUT2D eigenvalue weighted by Gasteiger charge is 2.01. The zero-order valence-electron chi connectivity index (χ0n) is 10.1. The Kier molecular flexibility index (Phi) is 4.22. The monoisotopic (exact) mass is 245 g/mol. The molecule has 0 aliphatic heterocycles. The van der Waals surface area contributed by atoms with Crippen molar-refractivity contribution in [1.82, 2.24) is 15.3 Å². The molecular weight excluding hydrogens is 230 g/mol. The van der Waals surface area contributed by atoms with Crippen molar-refractivity contribution in [2.24, 2.45) is 0 Å². The number of hydrogen-bond acceptors (Lipinski definition) is 5. The van der Waals surface area contributed by atoms with Gasteiger partial charge in [-0.25, -0.2) is 9.97 Å². The number of aromatic nitrogens is 2. The molecular formula is C13H15N3O2. The van der Waals surface area contributed by atoms with E-state index in [1.165, 1.54) is 0 Å². The molecule has 0 spiro atoms. The molecule has 94 valence electrons. The molecule has 0 amide bonds. The Labute approximate surface area is 105 Å². The van der Waals surface area contributed by atoms with E-state index >= 15 is 0 Å². The van der Waals surface area contributed by atoms with Crippen LogP contribution < -0.4 is 10.1 Å². The van der Waals surface area contributed by atoms with Crippen LogP contribution in [0.1, 0.15) is 11.1 Å². The Hall–Kier alpha value is -1.98. The van der Waals surface area contributed by atoms with Crippen molar-refractivity contribution in [3.8, 4) is 11.8 Å². The lowest BCUT2D eigenvalue weighted by Gasteiger charge is -2.05. The van der Waals surface area contributed by atoms with E-state index in [0.717, 1.165) is 17.7 Å². The van der Waals surface area contributed by atoms with Crippen LogP contribution >= 0.6 is 0 Å². The number of rotatable bonds is 5. The molecule has 18 heavy (non-hydrogen) atoms. The van der Waals surface area contributed by atoms with Gasteiger partial charge in [-0.05, 0) is 24.7 Å². The van der Waals surface area contributed by atoms with Crippen LogP contribution in [-0.4, -0.2) is 22.1 Å². The first kappa shape index (κ1) is 12.5. The molecule has 0 aliphatic carbocycles. The second kappa shape index (κ2) is 6.09. The van der Waals surface area contributed by atoms with Crippen LogP contribution in [0.2, 0.25) is 0 Å². The number of aliphatic hydroxyl groups is 1. The van der Waals surface area contributed by atoms with Crippen LogP contribution in [0, 0.1) is 0 Å². The average Bonchev–Trinajstić information content (AvgIpc) is 2.42. The van der Waals surface area contributed by atoms with Crippen LogP contribution in [0.25, 0.3) is 0 Å². The zero-order valence-corrected chi connectivity index (χ0v) is 10.1. The molecule has 5 nitrogen and oxygen atoms in total. The highest BCUT2D eigenvalue weighted by molar-refractivity contribution is 5.30. The summed E-state index contributed by atoms with van der Waals surface area (Å²) in [5, 5.41) is 12.0. The lowest BCUT2D eigenvalue weighted by Crippen LogP contribution is -2.06. The van der Waals surface area contributed by atoms with Gasteiger partial charge in [0.1, 0.15) is 5.75 Å². The minimum absolute atomic E-state index is 0.0147. The fourth-order valence-corrected chi connectivity index (χ4v) is 1.50. The van der Waals surface area contributed by atoms with Gasteiger partial charge in [0, 0.05) is 24.5 Å². The highest BCUT2D eigenvalue weighted by atomic mass is 16.5. The maximum absolute atomic E-state index is 9.03. The summed E-state index contributed by atoms with van der Waals surface area (Å²) in [6.07, 6.45) is 3.43. The Morgan fingerprint density at radius 1 is 1.22 bits per heavy atom. The minimum atomic E-state index is -0.0147. The first-order valence-electron chi connectivity index (χ1n) is 5.65. The largest absolute Gasteiger partial charge is 0.424 e. The van der Waals surface area contributed by atoms with Gasteiger partial charge in [0.25, 0.3) is 0 Å². The second-order valence-electron chi connectivity index (χ2n) is 3.81. The van der Waals surface area contributed by atoms with E-state index in [9.17, 15) is 0 Å². The molecule has 2 aromatic rings. The summed E-state index contributed by atoms with van der Waals surface area (Å²) in [6.45, 7) is 0.708. The van der Waals surface area contributed by atoms with Crippen molar-refractivity contribution in [1.29, 1.82) is 0 Å². The number of hydrogen-bond donors (Lipinski definition) is 2. The van der Waals surface area contributed by atoms with Crippen molar-refractivity contribution in [2.75, 3.05) is 7.05 Å². The van der Waals surface area contributed by atoms with E-state index in [4.69, 9.17) is 9.84 Å². The topological polar surface area (TPSA) is 67.3 Å². The maximum Gasteiger partial charge on any atom is 0.321 e. The van der Waals surface area contributed by atoms with E-state index in [1.807, 2.05) is 19.2 Å². The molecule has 2 rings (SSSR count). The van der Waals surface area contributed by atoms with E-state index in [0.29, 0.717) is 11.8 Å². The zero-order chi connectivity index (χ0) is 12.8. The smallest absolute Gasteiger partial charge is 0.321 e. The van der Waals surface area contributed by atoms with Gasteiger partial charge in [-0.3, -0.25) is 0 Å². The molecule has 0 saturated carbocycles. The standard InChI is InChI=1S/C13H15N3O2/c1-14-6-11-7-15-13(16-8-11)18-12-4-2-3-10(5-12)9-17/h2-5,7-8,14,17H,6,9H2,1H3. The highest BCUT2D eigenvalue weighted by Crippen LogP contribution is 2.18. The fourth-order valence-electron chi connectivity index (χ4n) is 1.50. The lowest BCUT2D eigenvalue weighted by molar-refractivity contribution is 0.281. The molecule has 0 unspecified atom stereocenters. The average molecular weight is 245 g/mol. The number of nitrogens with zero attached hydrogens (tertiary/aromatic N) is 2. The van der Waals surface area contributed by atoms with Crippen molar-refractivity contribution in [3.05, 3.63) is 47.8 Å². The van der Waals surface area contributed by atoms with Crippen LogP contribution in [0.4, 0.5) is 0 Å². The molecule has 0 aliphatic rings. The van der Waals surface area contributed by atoms with Crippen LogP contribution in [0.15, 0.2) is 36.7 Å². The van der Waals surface area contributed by atoms with Crippen LogP contribution in [-0.2, 0) is 13.2 Å². The predicted octanol–water partition coefficient (Wildman–Crippen LogP) is 1.48. The quantitative estimate of drug-likeness (QED) is 0.835. The molecule has 2 N–H and O–H groups in total. The van der Waals surface area contributed by atoms with Gasteiger partial charge >= 0.3 is 6.01 Å². The summed E-state index contributed by atoms with van der Waals surface area (Å²) >= 11 is 0. The van der Waals surface area contributed by atoms with E-state index < -0.39 is 0 Å². The first-order valence-corrected chi connectivity index (χ1v) is 5.65. The molecule has 0 bridgehead atoms. The molecule has 0 saturated heterocycles. The van der Waals surface area contributed by atoms with Crippen molar-refractivity contribution in [2.45, 2.75) is 13.2 Å². The SMILES string of the molecule is CNCc1cnc(Oc2cccc(CO)c2)nc1. The van der Waals surface area contributed by atoms with Crippen molar-refractivity contribution in [3.63, 3.8) is 0 Å². The van der Waals surface area contributed by atoms with Crippen molar-refractivity contribution >= 4 is 0 Å². The molecule has 5 heteroatoms. The minimum Gasteiger partial charge on any atom is -0.424 e. The second-order valence-corrected chi connectivity index (χ2v) is 3.81. The van der Waals surface area contributed by atoms with Gasteiger partial charge < -0.3 is 15.2 Å².